The van der Waals surface area contributed by atoms with Crippen molar-refractivity contribution in [3.8, 4) is 0 Å². The summed E-state index contributed by atoms with van der Waals surface area (Å²) in [6.45, 7) is 9.19. The van der Waals surface area contributed by atoms with Crippen LogP contribution in [0, 0.1) is 11.8 Å². The molecule has 19 heavy (non-hydrogen) atoms. The third-order valence-electron chi connectivity index (χ3n) is 5.01. The van der Waals surface area contributed by atoms with E-state index in [2.05, 4.69) is 26.1 Å². The van der Waals surface area contributed by atoms with Gasteiger partial charge in [-0.2, -0.15) is 0 Å². The Morgan fingerprint density at radius 1 is 1.16 bits per heavy atom. The molecule has 2 heteroatoms. The predicted molar refractivity (Wildman–Crippen MR) is 81.4 cm³/mol. The van der Waals surface area contributed by atoms with Gasteiger partial charge in [0.25, 0.3) is 0 Å². The highest BCUT2D eigenvalue weighted by molar-refractivity contribution is 4.93. The molecule has 1 heterocycles. The van der Waals surface area contributed by atoms with E-state index in [0.29, 0.717) is 11.7 Å². The Kier molecular flexibility index (Phi) is 5.70. The molecule has 0 aromatic carbocycles. The van der Waals surface area contributed by atoms with Crippen molar-refractivity contribution in [1.29, 1.82) is 0 Å². The summed E-state index contributed by atoms with van der Waals surface area (Å²) in [5, 5.41) is 3.62. The molecule has 0 aromatic heterocycles. The fourth-order valence-electron chi connectivity index (χ4n) is 3.79. The minimum atomic E-state index is 0.314. The quantitative estimate of drug-likeness (QED) is 0.748. The van der Waals surface area contributed by atoms with Crippen molar-refractivity contribution in [2.45, 2.75) is 83.8 Å². The van der Waals surface area contributed by atoms with Crippen LogP contribution in [0.5, 0.6) is 0 Å². The van der Waals surface area contributed by atoms with Gasteiger partial charge in [-0.15, -0.1) is 0 Å². The summed E-state index contributed by atoms with van der Waals surface area (Å²) in [6, 6.07) is 0. The Labute approximate surface area is 119 Å². The van der Waals surface area contributed by atoms with E-state index < -0.39 is 0 Å². The zero-order chi connectivity index (χ0) is 13.7. The number of rotatable bonds is 7. The summed E-state index contributed by atoms with van der Waals surface area (Å²) in [5.74, 6) is 1.54. The topological polar surface area (TPSA) is 21.3 Å². The maximum Gasteiger partial charge on any atom is 0.0687 e. The van der Waals surface area contributed by atoms with Crippen LogP contribution >= 0.6 is 0 Å². The molecule has 2 unspecified atom stereocenters. The van der Waals surface area contributed by atoms with E-state index in [9.17, 15) is 0 Å². The third-order valence-corrected chi connectivity index (χ3v) is 5.01. The van der Waals surface area contributed by atoms with Crippen molar-refractivity contribution in [2.24, 2.45) is 11.8 Å². The first-order valence-electron chi connectivity index (χ1n) is 8.52. The average Bonchev–Trinajstić information content (AvgIpc) is 2.99. The van der Waals surface area contributed by atoms with Gasteiger partial charge in [0.05, 0.1) is 11.7 Å². The Hall–Kier alpha value is -0.0800. The van der Waals surface area contributed by atoms with Crippen LogP contribution in [0.3, 0.4) is 0 Å². The van der Waals surface area contributed by atoms with Crippen LogP contribution in [0.25, 0.3) is 0 Å². The second kappa shape index (κ2) is 7.08. The lowest BCUT2D eigenvalue weighted by Crippen LogP contribution is -2.30. The van der Waals surface area contributed by atoms with Gasteiger partial charge in [0, 0.05) is 0 Å². The van der Waals surface area contributed by atoms with E-state index in [4.69, 9.17) is 4.74 Å². The molecule has 1 saturated heterocycles. The van der Waals surface area contributed by atoms with Crippen molar-refractivity contribution in [1.82, 2.24) is 5.32 Å². The predicted octanol–water partition coefficient (Wildman–Crippen LogP) is 4.14. The SMILES string of the molecule is CCC(CNCC(C)C)CC1CCC2(CCCC2)O1. The average molecular weight is 267 g/mol. The maximum absolute atomic E-state index is 6.44. The molecule has 0 aromatic rings. The first-order chi connectivity index (χ1) is 9.13. The lowest BCUT2D eigenvalue weighted by molar-refractivity contribution is -0.0443. The summed E-state index contributed by atoms with van der Waals surface area (Å²) in [4.78, 5) is 0. The molecular formula is C17H33NO. The van der Waals surface area contributed by atoms with E-state index in [-0.39, 0.29) is 0 Å². The summed E-state index contributed by atoms with van der Waals surface area (Å²) in [7, 11) is 0. The Morgan fingerprint density at radius 2 is 1.89 bits per heavy atom. The van der Waals surface area contributed by atoms with Crippen molar-refractivity contribution >= 4 is 0 Å². The van der Waals surface area contributed by atoms with Gasteiger partial charge in [-0.1, -0.05) is 40.0 Å². The molecule has 2 fully saturated rings. The molecular weight excluding hydrogens is 234 g/mol. The molecule has 1 aliphatic carbocycles. The van der Waals surface area contributed by atoms with Crippen molar-refractivity contribution in [2.75, 3.05) is 13.1 Å². The fourth-order valence-corrected chi connectivity index (χ4v) is 3.79. The summed E-state index contributed by atoms with van der Waals surface area (Å²) >= 11 is 0. The second-order valence-corrected chi connectivity index (χ2v) is 7.23. The Morgan fingerprint density at radius 3 is 2.53 bits per heavy atom. The summed E-state index contributed by atoms with van der Waals surface area (Å²) in [5.41, 5.74) is 0.314. The highest BCUT2D eigenvalue weighted by Gasteiger charge is 2.42. The molecule has 0 amide bonds. The molecule has 2 rings (SSSR count). The van der Waals surface area contributed by atoms with E-state index >= 15 is 0 Å². The smallest absolute Gasteiger partial charge is 0.0687 e. The second-order valence-electron chi connectivity index (χ2n) is 7.23. The lowest BCUT2D eigenvalue weighted by atomic mass is 9.95. The van der Waals surface area contributed by atoms with Gasteiger partial charge in [0.2, 0.25) is 0 Å². The zero-order valence-electron chi connectivity index (χ0n) is 13.2. The zero-order valence-corrected chi connectivity index (χ0v) is 13.2. The third kappa shape index (κ3) is 4.46. The van der Waals surface area contributed by atoms with Gasteiger partial charge in [0.1, 0.15) is 0 Å². The molecule has 0 bridgehead atoms. The van der Waals surface area contributed by atoms with Gasteiger partial charge >= 0.3 is 0 Å². The summed E-state index contributed by atoms with van der Waals surface area (Å²) in [6.07, 6.45) is 11.1. The van der Waals surface area contributed by atoms with Crippen LogP contribution in [-0.2, 0) is 4.74 Å². The molecule has 0 radical (unpaired) electrons. The van der Waals surface area contributed by atoms with Crippen molar-refractivity contribution in [3.05, 3.63) is 0 Å². The van der Waals surface area contributed by atoms with Gasteiger partial charge < -0.3 is 10.1 Å². The normalized spacial score (nSPS) is 27.5. The molecule has 1 saturated carbocycles. The molecule has 2 nitrogen and oxygen atoms in total. The Balaban J connectivity index is 1.70. The van der Waals surface area contributed by atoms with E-state index in [0.717, 1.165) is 18.4 Å². The fraction of sp³-hybridized carbons (Fsp3) is 1.00. The van der Waals surface area contributed by atoms with Gasteiger partial charge in [-0.05, 0) is 57.0 Å². The molecule has 1 spiro atoms. The van der Waals surface area contributed by atoms with Crippen LogP contribution in [-0.4, -0.2) is 24.8 Å². The minimum absolute atomic E-state index is 0.314. The first kappa shape index (κ1) is 15.3. The van der Waals surface area contributed by atoms with Crippen molar-refractivity contribution in [3.63, 3.8) is 0 Å². The number of hydrogen-bond acceptors (Lipinski definition) is 2. The van der Waals surface area contributed by atoms with Gasteiger partial charge in [-0.25, -0.2) is 0 Å². The molecule has 2 atom stereocenters. The van der Waals surface area contributed by atoms with Crippen LogP contribution in [0.1, 0.15) is 72.1 Å². The van der Waals surface area contributed by atoms with Gasteiger partial charge in [0.15, 0.2) is 0 Å². The number of hydrogen-bond donors (Lipinski definition) is 1. The molecule has 2 aliphatic rings. The van der Waals surface area contributed by atoms with E-state index in [1.165, 1.54) is 57.9 Å². The molecule has 1 N–H and O–H groups in total. The van der Waals surface area contributed by atoms with Crippen LogP contribution in [0.15, 0.2) is 0 Å². The highest BCUT2D eigenvalue weighted by Crippen LogP contribution is 2.44. The van der Waals surface area contributed by atoms with Crippen molar-refractivity contribution < 1.29 is 4.74 Å². The Bertz CT molecular complexity index is 258. The van der Waals surface area contributed by atoms with Crippen LogP contribution in [0.4, 0.5) is 0 Å². The lowest BCUT2D eigenvalue weighted by Gasteiger charge is -2.26. The molecule has 112 valence electrons. The summed E-state index contributed by atoms with van der Waals surface area (Å²) < 4.78 is 6.44. The van der Waals surface area contributed by atoms with E-state index in [1.807, 2.05) is 0 Å². The van der Waals surface area contributed by atoms with Gasteiger partial charge in [-0.3, -0.25) is 0 Å². The van der Waals surface area contributed by atoms with E-state index in [1.54, 1.807) is 0 Å². The number of ether oxygens (including phenoxy) is 1. The largest absolute Gasteiger partial charge is 0.372 e. The number of nitrogens with one attached hydrogen (secondary N) is 1. The highest BCUT2D eigenvalue weighted by atomic mass is 16.5. The van der Waals surface area contributed by atoms with Crippen LogP contribution < -0.4 is 5.32 Å². The first-order valence-corrected chi connectivity index (χ1v) is 8.52. The van der Waals surface area contributed by atoms with Crippen LogP contribution in [0.2, 0.25) is 0 Å². The minimum Gasteiger partial charge on any atom is -0.372 e. The maximum atomic E-state index is 6.44. The molecule has 1 aliphatic heterocycles. The monoisotopic (exact) mass is 267 g/mol. The standard InChI is InChI=1S/C17H33NO/c1-4-15(13-18-12-14(2)3)11-16-7-10-17(19-16)8-5-6-9-17/h14-16,18H,4-13H2,1-3H3.